The van der Waals surface area contributed by atoms with Gasteiger partial charge in [0, 0.05) is 43.9 Å². The monoisotopic (exact) mass is 260 g/mol. The van der Waals surface area contributed by atoms with E-state index in [9.17, 15) is 4.79 Å². The van der Waals surface area contributed by atoms with Gasteiger partial charge in [-0.2, -0.15) is 0 Å². The molecule has 0 saturated carbocycles. The molecule has 0 bridgehead atoms. The van der Waals surface area contributed by atoms with E-state index in [1.807, 2.05) is 4.90 Å². The number of ether oxygens (including phenoxy) is 1. The van der Waals surface area contributed by atoms with Crippen LogP contribution in [0.15, 0.2) is 18.2 Å². The van der Waals surface area contributed by atoms with Crippen molar-refractivity contribution in [3.05, 3.63) is 23.8 Å². The van der Waals surface area contributed by atoms with Gasteiger partial charge in [-0.1, -0.05) is 0 Å². The van der Waals surface area contributed by atoms with E-state index in [0.717, 1.165) is 50.5 Å². The van der Waals surface area contributed by atoms with Crippen LogP contribution < -0.4 is 10.2 Å². The van der Waals surface area contributed by atoms with Crippen LogP contribution >= 0.6 is 0 Å². The van der Waals surface area contributed by atoms with Gasteiger partial charge in [-0.25, -0.2) is 0 Å². The molecule has 1 N–H and O–H groups in total. The second kappa shape index (κ2) is 5.21. The lowest BCUT2D eigenvalue weighted by Gasteiger charge is -2.16. The molecule has 2 heterocycles. The first-order chi connectivity index (χ1) is 9.24. The van der Waals surface area contributed by atoms with E-state index in [1.54, 1.807) is 6.92 Å². The van der Waals surface area contributed by atoms with Gasteiger partial charge < -0.3 is 15.0 Å². The van der Waals surface area contributed by atoms with Crippen molar-refractivity contribution >= 4 is 17.3 Å². The van der Waals surface area contributed by atoms with Crippen molar-refractivity contribution in [1.29, 1.82) is 0 Å². The number of benzene rings is 1. The molecule has 4 heteroatoms. The highest BCUT2D eigenvalue weighted by Gasteiger charge is 2.22. The number of fused-ring (bicyclic) bond motifs is 1. The highest BCUT2D eigenvalue weighted by Crippen LogP contribution is 2.30. The Kier molecular flexibility index (Phi) is 3.42. The number of carbonyl (C=O) groups is 1. The van der Waals surface area contributed by atoms with E-state index in [4.69, 9.17) is 4.74 Å². The van der Waals surface area contributed by atoms with Crippen molar-refractivity contribution in [3.63, 3.8) is 0 Å². The summed E-state index contributed by atoms with van der Waals surface area (Å²) in [4.78, 5) is 13.3. The molecule has 0 aliphatic carbocycles. The first-order valence-electron chi connectivity index (χ1n) is 6.96. The summed E-state index contributed by atoms with van der Waals surface area (Å²) in [6.45, 7) is 5.17. The van der Waals surface area contributed by atoms with Crippen molar-refractivity contribution in [2.24, 2.45) is 5.92 Å². The van der Waals surface area contributed by atoms with Gasteiger partial charge in [-0.05, 0) is 36.6 Å². The molecular formula is C15H20N2O2. The van der Waals surface area contributed by atoms with Crippen molar-refractivity contribution in [2.45, 2.75) is 19.8 Å². The minimum atomic E-state index is 0.127. The van der Waals surface area contributed by atoms with E-state index in [2.05, 4.69) is 23.5 Å². The Morgan fingerprint density at radius 2 is 2.42 bits per heavy atom. The van der Waals surface area contributed by atoms with Gasteiger partial charge in [0.05, 0.1) is 6.61 Å². The number of nitrogens with one attached hydrogen (secondary N) is 1. The Hall–Kier alpha value is -1.55. The molecule has 0 radical (unpaired) electrons. The van der Waals surface area contributed by atoms with Gasteiger partial charge in [0.15, 0.2) is 0 Å². The third kappa shape index (κ3) is 2.59. The Morgan fingerprint density at radius 3 is 3.16 bits per heavy atom. The van der Waals surface area contributed by atoms with E-state index < -0.39 is 0 Å². The van der Waals surface area contributed by atoms with Crippen molar-refractivity contribution in [2.75, 3.05) is 36.5 Å². The minimum absolute atomic E-state index is 0.127. The third-order valence-electron chi connectivity index (χ3n) is 3.97. The number of carbonyl (C=O) groups excluding carboxylic acids is 1. The zero-order valence-corrected chi connectivity index (χ0v) is 11.3. The summed E-state index contributed by atoms with van der Waals surface area (Å²) >= 11 is 0. The van der Waals surface area contributed by atoms with E-state index >= 15 is 0 Å². The molecule has 1 fully saturated rings. The second-order valence-electron chi connectivity index (χ2n) is 5.37. The van der Waals surface area contributed by atoms with Crippen LogP contribution in [0.3, 0.4) is 0 Å². The van der Waals surface area contributed by atoms with Crippen LogP contribution in [0, 0.1) is 5.92 Å². The summed E-state index contributed by atoms with van der Waals surface area (Å²) in [5, 5.41) is 3.48. The summed E-state index contributed by atoms with van der Waals surface area (Å²) in [7, 11) is 0. The molecule has 19 heavy (non-hydrogen) atoms. The number of rotatable bonds is 3. The Bertz CT molecular complexity index is 481. The zero-order chi connectivity index (χ0) is 13.2. The normalized spacial score (nSPS) is 21.5. The van der Waals surface area contributed by atoms with Crippen LogP contribution in [0.25, 0.3) is 0 Å². The number of nitrogens with zero attached hydrogens (tertiary/aromatic N) is 1. The Balaban J connectivity index is 1.66. The highest BCUT2D eigenvalue weighted by molar-refractivity contribution is 5.94. The molecule has 3 rings (SSSR count). The summed E-state index contributed by atoms with van der Waals surface area (Å²) in [5.74, 6) is 0.754. The average Bonchev–Trinajstić information content (AvgIpc) is 3.05. The van der Waals surface area contributed by atoms with Gasteiger partial charge in [0.25, 0.3) is 0 Å². The average molecular weight is 260 g/mol. The lowest BCUT2D eigenvalue weighted by molar-refractivity contribution is -0.116. The fourth-order valence-corrected chi connectivity index (χ4v) is 2.85. The quantitative estimate of drug-likeness (QED) is 0.904. The second-order valence-corrected chi connectivity index (χ2v) is 5.37. The van der Waals surface area contributed by atoms with E-state index in [1.165, 1.54) is 5.56 Å². The van der Waals surface area contributed by atoms with Crippen LogP contribution in [0.5, 0.6) is 0 Å². The zero-order valence-electron chi connectivity index (χ0n) is 11.3. The van der Waals surface area contributed by atoms with Crippen LogP contribution in [-0.4, -0.2) is 32.2 Å². The number of hydrogen-bond donors (Lipinski definition) is 1. The van der Waals surface area contributed by atoms with Crippen molar-refractivity contribution < 1.29 is 9.53 Å². The Morgan fingerprint density at radius 1 is 1.53 bits per heavy atom. The van der Waals surface area contributed by atoms with Crippen LogP contribution in [-0.2, 0) is 16.0 Å². The molecule has 1 aromatic rings. The maximum absolute atomic E-state index is 11.5. The van der Waals surface area contributed by atoms with Gasteiger partial charge in [0.2, 0.25) is 5.91 Å². The third-order valence-corrected chi connectivity index (χ3v) is 3.97. The highest BCUT2D eigenvalue weighted by atomic mass is 16.5. The topological polar surface area (TPSA) is 41.6 Å². The molecule has 4 nitrogen and oxygen atoms in total. The SMILES string of the molecule is CC(=O)N1CCc2cc(NCC3CCOC3)ccc21. The largest absolute Gasteiger partial charge is 0.385 e. The molecule has 1 aromatic carbocycles. The smallest absolute Gasteiger partial charge is 0.223 e. The lowest BCUT2D eigenvalue weighted by Crippen LogP contribution is -2.25. The predicted molar refractivity (Wildman–Crippen MR) is 75.6 cm³/mol. The standard InChI is InChI=1S/C15H20N2O2/c1-11(18)17-6-4-13-8-14(2-3-15(13)17)16-9-12-5-7-19-10-12/h2-3,8,12,16H,4-7,9-10H2,1H3. The van der Waals surface area contributed by atoms with Crippen LogP contribution in [0.4, 0.5) is 11.4 Å². The summed E-state index contributed by atoms with van der Waals surface area (Å²) in [6, 6.07) is 6.29. The maximum atomic E-state index is 11.5. The minimum Gasteiger partial charge on any atom is -0.385 e. The van der Waals surface area contributed by atoms with Crippen LogP contribution in [0.2, 0.25) is 0 Å². The molecule has 1 amide bonds. The molecule has 0 aromatic heterocycles. The first kappa shape index (κ1) is 12.5. The maximum Gasteiger partial charge on any atom is 0.223 e. The molecule has 2 aliphatic heterocycles. The fraction of sp³-hybridized carbons (Fsp3) is 0.533. The van der Waals surface area contributed by atoms with Crippen LogP contribution in [0.1, 0.15) is 18.9 Å². The first-order valence-corrected chi connectivity index (χ1v) is 6.96. The molecule has 1 saturated heterocycles. The molecular weight excluding hydrogens is 240 g/mol. The van der Waals surface area contributed by atoms with Crippen molar-refractivity contribution in [3.8, 4) is 0 Å². The molecule has 0 spiro atoms. The summed E-state index contributed by atoms with van der Waals surface area (Å²) in [5.41, 5.74) is 3.49. The molecule has 1 atom stereocenters. The molecule has 102 valence electrons. The van der Waals surface area contributed by atoms with Gasteiger partial charge in [0.1, 0.15) is 0 Å². The number of anilines is 2. The lowest BCUT2D eigenvalue weighted by atomic mass is 10.1. The molecule has 2 aliphatic rings. The number of hydrogen-bond acceptors (Lipinski definition) is 3. The number of amides is 1. The molecule has 1 unspecified atom stereocenters. The van der Waals surface area contributed by atoms with Gasteiger partial charge in [-0.3, -0.25) is 4.79 Å². The van der Waals surface area contributed by atoms with Gasteiger partial charge in [-0.15, -0.1) is 0 Å². The Labute approximate surface area is 113 Å². The van der Waals surface area contributed by atoms with Crippen molar-refractivity contribution in [1.82, 2.24) is 0 Å². The predicted octanol–water partition coefficient (Wildman–Crippen LogP) is 2.04. The van der Waals surface area contributed by atoms with E-state index in [-0.39, 0.29) is 5.91 Å². The fourth-order valence-electron chi connectivity index (χ4n) is 2.85. The summed E-state index contributed by atoms with van der Waals surface area (Å²) in [6.07, 6.45) is 2.10. The summed E-state index contributed by atoms with van der Waals surface area (Å²) < 4.78 is 5.38. The van der Waals surface area contributed by atoms with E-state index in [0.29, 0.717) is 5.92 Å². The van der Waals surface area contributed by atoms with Gasteiger partial charge >= 0.3 is 0 Å².